The molecule has 1 amide bonds. The quantitative estimate of drug-likeness (QED) is 0.723. The lowest BCUT2D eigenvalue weighted by Gasteiger charge is -2.15. The molecule has 0 saturated carbocycles. The minimum atomic E-state index is -0.107. The van der Waals surface area contributed by atoms with E-state index in [0.29, 0.717) is 18.0 Å². The second-order valence-corrected chi connectivity index (χ2v) is 5.80. The Labute approximate surface area is 143 Å². The van der Waals surface area contributed by atoms with Crippen molar-refractivity contribution < 1.29 is 9.53 Å². The van der Waals surface area contributed by atoms with Crippen LogP contribution in [0.3, 0.4) is 0 Å². The normalized spacial score (nSPS) is 11.6. The fourth-order valence-corrected chi connectivity index (χ4v) is 2.20. The summed E-state index contributed by atoms with van der Waals surface area (Å²) in [5.74, 6) is 0.536. The molecule has 4 nitrogen and oxygen atoms in total. The average molecular weight is 324 g/mol. The predicted molar refractivity (Wildman–Crippen MR) is 98.2 cm³/mol. The van der Waals surface area contributed by atoms with Gasteiger partial charge >= 0.3 is 0 Å². The second kappa shape index (κ2) is 8.89. The topological polar surface area (TPSA) is 50.4 Å². The van der Waals surface area contributed by atoms with Crippen LogP contribution in [-0.2, 0) is 4.79 Å². The smallest absolute Gasteiger partial charge is 0.238 e. The van der Waals surface area contributed by atoms with E-state index < -0.39 is 0 Å². The van der Waals surface area contributed by atoms with Gasteiger partial charge in [0, 0.05) is 6.04 Å². The molecule has 1 unspecified atom stereocenters. The maximum atomic E-state index is 12.2. The molecule has 1 atom stereocenters. The van der Waals surface area contributed by atoms with Crippen molar-refractivity contribution in [1.29, 1.82) is 0 Å². The van der Waals surface area contributed by atoms with E-state index in [9.17, 15) is 4.79 Å². The molecule has 0 aliphatic carbocycles. The first-order chi connectivity index (χ1) is 11.6. The van der Waals surface area contributed by atoms with Gasteiger partial charge in [-0.1, -0.05) is 49.0 Å². The van der Waals surface area contributed by atoms with Crippen LogP contribution in [0.5, 0.6) is 5.75 Å². The van der Waals surface area contributed by atoms with Crippen molar-refractivity contribution in [3.05, 3.63) is 72.3 Å². The van der Waals surface area contributed by atoms with E-state index in [2.05, 4.69) is 17.2 Å². The van der Waals surface area contributed by atoms with Crippen molar-refractivity contribution in [2.75, 3.05) is 18.5 Å². The van der Waals surface area contributed by atoms with Gasteiger partial charge in [0.1, 0.15) is 12.4 Å². The summed E-state index contributed by atoms with van der Waals surface area (Å²) >= 11 is 0. The van der Waals surface area contributed by atoms with Crippen molar-refractivity contribution in [1.82, 2.24) is 5.32 Å². The van der Waals surface area contributed by atoms with Gasteiger partial charge in [-0.2, -0.15) is 0 Å². The van der Waals surface area contributed by atoms with Gasteiger partial charge in [0.25, 0.3) is 0 Å². The molecule has 4 heteroatoms. The van der Waals surface area contributed by atoms with Gasteiger partial charge in [0.15, 0.2) is 0 Å². The largest absolute Gasteiger partial charge is 0.487 e. The number of nitrogens with one attached hydrogen (secondary N) is 2. The Balaban J connectivity index is 1.89. The molecule has 2 aromatic rings. The average Bonchev–Trinajstić information content (AvgIpc) is 2.59. The van der Waals surface area contributed by atoms with Crippen LogP contribution in [0.15, 0.2) is 66.7 Å². The highest BCUT2D eigenvalue weighted by molar-refractivity contribution is 5.93. The number of benzene rings is 2. The Morgan fingerprint density at radius 2 is 1.79 bits per heavy atom. The molecule has 0 bridgehead atoms. The number of carbonyl (C=O) groups excluding carboxylic acids is 1. The SMILES string of the molecule is C=C(C)COc1ccccc1NC(=O)CNC(C)c1ccccc1. The summed E-state index contributed by atoms with van der Waals surface area (Å²) < 4.78 is 5.66. The molecule has 0 fully saturated rings. The van der Waals surface area contributed by atoms with E-state index in [4.69, 9.17) is 4.74 Å². The third-order valence-corrected chi connectivity index (χ3v) is 3.50. The summed E-state index contributed by atoms with van der Waals surface area (Å²) in [5.41, 5.74) is 2.74. The fraction of sp³-hybridized carbons (Fsp3) is 0.250. The summed E-state index contributed by atoms with van der Waals surface area (Å²) in [6.45, 7) is 8.40. The Morgan fingerprint density at radius 1 is 1.12 bits per heavy atom. The van der Waals surface area contributed by atoms with E-state index in [0.717, 1.165) is 11.1 Å². The summed E-state index contributed by atoms with van der Waals surface area (Å²) in [4.78, 5) is 12.2. The maximum Gasteiger partial charge on any atom is 0.238 e. The van der Waals surface area contributed by atoms with Crippen LogP contribution in [0.4, 0.5) is 5.69 Å². The Bertz CT molecular complexity index is 683. The van der Waals surface area contributed by atoms with Crippen LogP contribution < -0.4 is 15.4 Å². The number of anilines is 1. The van der Waals surface area contributed by atoms with E-state index in [1.807, 2.05) is 68.4 Å². The molecule has 2 N–H and O–H groups in total. The highest BCUT2D eigenvalue weighted by atomic mass is 16.5. The molecule has 0 aromatic heterocycles. The van der Waals surface area contributed by atoms with Crippen LogP contribution in [0.25, 0.3) is 0 Å². The highest BCUT2D eigenvalue weighted by Gasteiger charge is 2.10. The molecule has 0 radical (unpaired) electrons. The van der Waals surface area contributed by atoms with E-state index in [1.54, 1.807) is 0 Å². The molecule has 0 spiro atoms. The van der Waals surface area contributed by atoms with E-state index in [-0.39, 0.29) is 18.5 Å². The van der Waals surface area contributed by atoms with E-state index >= 15 is 0 Å². The zero-order valence-electron chi connectivity index (χ0n) is 14.2. The molecule has 2 aromatic carbocycles. The van der Waals surface area contributed by atoms with Gasteiger partial charge in [-0.25, -0.2) is 0 Å². The monoisotopic (exact) mass is 324 g/mol. The Hall–Kier alpha value is -2.59. The number of hydrogen-bond donors (Lipinski definition) is 2. The highest BCUT2D eigenvalue weighted by Crippen LogP contribution is 2.24. The summed E-state index contributed by atoms with van der Waals surface area (Å²) in [6, 6.07) is 17.5. The van der Waals surface area contributed by atoms with E-state index in [1.165, 1.54) is 0 Å². The Kier molecular flexibility index (Phi) is 6.58. The van der Waals surface area contributed by atoms with Crippen molar-refractivity contribution in [3.63, 3.8) is 0 Å². The van der Waals surface area contributed by atoms with Crippen LogP contribution in [0.2, 0.25) is 0 Å². The zero-order valence-corrected chi connectivity index (χ0v) is 14.2. The molecular weight excluding hydrogens is 300 g/mol. The predicted octanol–water partition coefficient (Wildman–Crippen LogP) is 3.93. The standard InChI is InChI=1S/C20H24N2O2/c1-15(2)14-24-19-12-8-7-11-18(19)22-20(23)13-21-16(3)17-9-5-4-6-10-17/h4-12,16,21H,1,13-14H2,2-3H3,(H,22,23). The zero-order chi connectivity index (χ0) is 17.4. The van der Waals surface area contributed by atoms with Crippen LogP contribution >= 0.6 is 0 Å². The first-order valence-corrected chi connectivity index (χ1v) is 8.00. The fourth-order valence-electron chi connectivity index (χ4n) is 2.20. The van der Waals surface area contributed by atoms with Crippen LogP contribution in [0, 0.1) is 0 Å². The van der Waals surface area contributed by atoms with Crippen molar-refractivity contribution >= 4 is 11.6 Å². The van der Waals surface area contributed by atoms with Crippen LogP contribution in [-0.4, -0.2) is 19.1 Å². The minimum Gasteiger partial charge on any atom is -0.487 e. The van der Waals surface area contributed by atoms with Crippen molar-refractivity contribution in [3.8, 4) is 5.75 Å². The van der Waals surface area contributed by atoms with Gasteiger partial charge in [-0.3, -0.25) is 4.79 Å². The number of rotatable bonds is 8. The first kappa shape index (κ1) is 17.8. The van der Waals surface area contributed by atoms with Crippen molar-refractivity contribution in [2.24, 2.45) is 0 Å². The molecule has 0 saturated heterocycles. The Morgan fingerprint density at radius 3 is 2.50 bits per heavy atom. The van der Waals surface area contributed by atoms with Gasteiger partial charge in [0.05, 0.1) is 12.2 Å². The number of para-hydroxylation sites is 2. The number of carbonyl (C=O) groups is 1. The van der Waals surface area contributed by atoms with Crippen LogP contribution in [0.1, 0.15) is 25.5 Å². The second-order valence-electron chi connectivity index (χ2n) is 5.80. The lowest BCUT2D eigenvalue weighted by Crippen LogP contribution is -2.30. The molecular formula is C20H24N2O2. The molecule has 0 aliphatic heterocycles. The van der Waals surface area contributed by atoms with Gasteiger partial charge < -0.3 is 15.4 Å². The number of hydrogen-bond acceptors (Lipinski definition) is 3. The summed E-state index contributed by atoms with van der Waals surface area (Å²) in [7, 11) is 0. The molecule has 126 valence electrons. The third kappa shape index (κ3) is 5.56. The third-order valence-electron chi connectivity index (χ3n) is 3.50. The summed E-state index contributed by atoms with van der Waals surface area (Å²) in [6.07, 6.45) is 0. The van der Waals surface area contributed by atoms with Gasteiger partial charge in [-0.15, -0.1) is 0 Å². The summed E-state index contributed by atoms with van der Waals surface area (Å²) in [5, 5.41) is 6.11. The lowest BCUT2D eigenvalue weighted by molar-refractivity contribution is -0.115. The number of amides is 1. The van der Waals surface area contributed by atoms with Gasteiger partial charge in [0.2, 0.25) is 5.91 Å². The lowest BCUT2D eigenvalue weighted by atomic mass is 10.1. The number of ether oxygens (including phenoxy) is 1. The first-order valence-electron chi connectivity index (χ1n) is 8.00. The maximum absolute atomic E-state index is 12.2. The molecule has 0 heterocycles. The molecule has 24 heavy (non-hydrogen) atoms. The molecule has 2 rings (SSSR count). The minimum absolute atomic E-state index is 0.104. The molecule has 0 aliphatic rings. The van der Waals surface area contributed by atoms with Gasteiger partial charge in [-0.05, 0) is 37.1 Å². The van der Waals surface area contributed by atoms with Crippen molar-refractivity contribution in [2.45, 2.75) is 19.9 Å².